The highest BCUT2D eigenvalue weighted by Crippen LogP contribution is 2.18. The van der Waals surface area contributed by atoms with Gasteiger partial charge < -0.3 is 4.74 Å². The zero-order valence-corrected chi connectivity index (χ0v) is 5.81. The van der Waals surface area contributed by atoms with Gasteiger partial charge in [-0.3, -0.25) is 4.18 Å². The molecule has 52 valence electrons. The molecule has 0 aromatic rings. The molecule has 1 amide bonds. The summed E-state index contributed by atoms with van der Waals surface area (Å²) in [5.74, 6) is 0. The molecule has 1 fully saturated rings. The molecule has 1 rings (SSSR count). The fourth-order valence-corrected chi connectivity index (χ4v) is 1.04. The van der Waals surface area contributed by atoms with Gasteiger partial charge in [-0.1, -0.05) is 0 Å². The lowest BCUT2D eigenvalue weighted by Gasteiger charge is -2.07. The van der Waals surface area contributed by atoms with E-state index in [1.807, 2.05) is 0 Å². The van der Waals surface area contributed by atoms with Gasteiger partial charge in [0.15, 0.2) is 0 Å². The highest BCUT2D eigenvalue weighted by Gasteiger charge is 2.20. The molecule has 0 radical (unpaired) electrons. The van der Waals surface area contributed by atoms with Crippen molar-refractivity contribution in [3.8, 4) is 0 Å². The Balaban J connectivity index is 2.32. The quantitative estimate of drug-likeness (QED) is 0.374. The Labute approximate surface area is 57.4 Å². The summed E-state index contributed by atoms with van der Waals surface area (Å²) in [6.07, 6.45) is -0.350. The standard InChI is InChI=1S/C4H7NO3S/c1-7-4(6)5-2-3-8-9-5/h2-3H2,1H3. The van der Waals surface area contributed by atoms with Crippen LogP contribution in [0.15, 0.2) is 0 Å². The predicted molar refractivity (Wildman–Crippen MR) is 32.7 cm³/mol. The summed E-state index contributed by atoms with van der Waals surface area (Å²) >= 11 is 1.03. The summed E-state index contributed by atoms with van der Waals surface area (Å²) in [7, 11) is 1.35. The second kappa shape index (κ2) is 2.93. The number of hydrogen-bond acceptors (Lipinski definition) is 4. The third kappa shape index (κ3) is 1.49. The number of hydrogen-bond donors (Lipinski definition) is 0. The van der Waals surface area contributed by atoms with Crippen molar-refractivity contribution in [3.05, 3.63) is 0 Å². The smallest absolute Gasteiger partial charge is 0.421 e. The first kappa shape index (κ1) is 6.70. The molecule has 5 heteroatoms. The molecule has 1 aliphatic rings. The first-order chi connectivity index (χ1) is 4.34. The van der Waals surface area contributed by atoms with Crippen LogP contribution in [0.5, 0.6) is 0 Å². The molecular weight excluding hydrogens is 142 g/mol. The van der Waals surface area contributed by atoms with E-state index in [2.05, 4.69) is 4.74 Å². The van der Waals surface area contributed by atoms with Crippen LogP contribution in [0.1, 0.15) is 0 Å². The Bertz CT molecular complexity index is 112. The van der Waals surface area contributed by atoms with Gasteiger partial charge >= 0.3 is 6.09 Å². The zero-order valence-electron chi connectivity index (χ0n) is 4.99. The minimum absolute atomic E-state index is 0.350. The molecule has 0 aromatic carbocycles. The zero-order chi connectivity index (χ0) is 6.69. The molecule has 0 saturated carbocycles. The average molecular weight is 149 g/mol. The van der Waals surface area contributed by atoms with E-state index in [1.54, 1.807) is 0 Å². The topological polar surface area (TPSA) is 38.8 Å². The maximum Gasteiger partial charge on any atom is 0.421 e. The second-order valence-electron chi connectivity index (χ2n) is 1.47. The van der Waals surface area contributed by atoms with Crippen LogP contribution in [0.2, 0.25) is 0 Å². The lowest BCUT2D eigenvalue weighted by atomic mass is 10.7. The van der Waals surface area contributed by atoms with Crippen molar-refractivity contribution in [1.29, 1.82) is 0 Å². The summed E-state index contributed by atoms with van der Waals surface area (Å²) in [6.45, 7) is 1.19. The largest absolute Gasteiger partial charge is 0.452 e. The van der Waals surface area contributed by atoms with E-state index in [-0.39, 0.29) is 6.09 Å². The lowest BCUT2D eigenvalue weighted by Crippen LogP contribution is -2.21. The van der Waals surface area contributed by atoms with Crippen LogP contribution in [-0.4, -0.2) is 30.7 Å². The van der Waals surface area contributed by atoms with Gasteiger partial charge in [0.25, 0.3) is 0 Å². The number of rotatable bonds is 0. The Morgan fingerprint density at radius 2 is 2.67 bits per heavy atom. The van der Waals surface area contributed by atoms with Gasteiger partial charge in [0.05, 0.1) is 20.3 Å². The Morgan fingerprint density at radius 3 is 3.11 bits per heavy atom. The summed E-state index contributed by atoms with van der Waals surface area (Å²) in [5, 5.41) is 0. The molecule has 1 saturated heterocycles. The van der Waals surface area contributed by atoms with Gasteiger partial charge in [-0.05, 0) is 0 Å². The molecule has 1 heterocycles. The SMILES string of the molecule is COC(=O)N1CCOS1. The van der Waals surface area contributed by atoms with Crippen LogP contribution >= 0.6 is 12.2 Å². The minimum atomic E-state index is -0.350. The normalized spacial score (nSPS) is 18.1. The molecule has 4 nitrogen and oxygen atoms in total. The van der Waals surface area contributed by atoms with Crippen molar-refractivity contribution in [2.45, 2.75) is 0 Å². The van der Waals surface area contributed by atoms with Crippen molar-refractivity contribution in [2.75, 3.05) is 20.3 Å². The van der Waals surface area contributed by atoms with Crippen LogP contribution in [0.4, 0.5) is 4.79 Å². The monoisotopic (exact) mass is 149 g/mol. The van der Waals surface area contributed by atoms with Crippen molar-refractivity contribution >= 4 is 18.3 Å². The number of carbonyl (C=O) groups is 1. The molecule has 0 atom stereocenters. The van der Waals surface area contributed by atoms with E-state index in [4.69, 9.17) is 4.18 Å². The van der Waals surface area contributed by atoms with E-state index in [0.29, 0.717) is 13.2 Å². The molecule has 9 heavy (non-hydrogen) atoms. The van der Waals surface area contributed by atoms with Crippen LogP contribution in [0, 0.1) is 0 Å². The summed E-state index contributed by atoms with van der Waals surface area (Å²) in [5.41, 5.74) is 0. The number of nitrogens with zero attached hydrogens (tertiary/aromatic N) is 1. The number of ether oxygens (including phenoxy) is 1. The molecule has 0 aromatic heterocycles. The molecule has 0 bridgehead atoms. The maximum absolute atomic E-state index is 10.6. The van der Waals surface area contributed by atoms with Gasteiger partial charge in [-0.2, -0.15) is 0 Å². The van der Waals surface area contributed by atoms with Crippen molar-refractivity contribution in [1.82, 2.24) is 4.31 Å². The highest BCUT2D eigenvalue weighted by molar-refractivity contribution is 7.93. The van der Waals surface area contributed by atoms with Gasteiger partial charge in [0.1, 0.15) is 12.2 Å². The summed E-state index contributed by atoms with van der Waals surface area (Å²) in [6, 6.07) is 0. The van der Waals surface area contributed by atoms with Gasteiger partial charge in [0, 0.05) is 0 Å². The van der Waals surface area contributed by atoms with Crippen LogP contribution in [0.3, 0.4) is 0 Å². The fourth-order valence-electron chi connectivity index (χ4n) is 0.482. The van der Waals surface area contributed by atoms with Crippen molar-refractivity contribution in [2.24, 2.45) is 0 Å². The third-order valence-electron chi connectivity index (χ3n) is 0.899. The van der Waals surface area contributed by atoms with E-state index in [0.717, 1.165) is 12.2 Å². The fraction of sp³-hybridized carbons (Fsp3) is 0.750. The van der Waals surface area contributed by atoms with Crippen LogP contribution < -0.4 is 0 Å². The predicted octanol–water partition coefficient (Wildman–Crippen LogP) is 0.648. The third-order valence-corrected chi connectivity index (χ3v) is 1.68. The van der Waals surface area contributed by atoms with Crippen LogP contribution in [0.25, 0.3) is 0 Å². The number of amides is 1. The molecule has 0 aliphatic carbocycles. The van der Waals surface area contributed by atoms with E-state index < -0.39 is 0 Å². The number of methoxy groups -OCH3 is 1. The summed E-state index contributed by atoms with van der Waals surface area (Å²) < 4.78 is 10.7. The molecular formula is C4H7NO3S. The first-order valence-electron chi connectivity index (χ1n) is 2.49. The van der Waals surface area contributed by atoms with Gasteiger partial charge in [-0.15, -0.1) is 0 Å². The highest BCUT2D eigenvalue weighted by atomic mass is 32.2. The summed E-state index contributed by atoms with van der Waals surface area (Å²) in [4.78, 5) is 10.6. The Morgan fingerprint density at radius 1 is 1.89 bits per heavy atom. The molecule has 0 spiro atoms. The Hall–Kier alpha value is -0.420. The minimum Gasteiger partial charge on any atom is -0.452 e. The molecule has 0 N–H and O–H groups in total. The average Bonchev–Trinajstić information content (AvgIpc) is 2.37. The molecule has 0 unspecified atom stereocenters. The first-order valence-corrected chi connectivity index (χ1v) is 3.19. The van der Waals surface area contributed by atoms with Gasteiger partial charge in [-0.25, -0.2) is 9.10 Å². The second-order valence-corrected chi connectivity index (χ2v) is 2.29. The number of carbonyl (C=O) groups excluding carboxylic acids is 1. The van der Waals surface area contributed by atoms with E-state index >= 15 is 0 Å². The lowest BCUT2D eigenvalue weighted by molar-refractivity contribution is 0.154. The van der Waals surface area contributed by atoms with Crippen molar-refractivity contribution < 1.29 is 13.7 Å². The van der Waals surface area contributed by atoms with Crippen LogP contribution in [-0.2, 0) is 8.92 Å². The van der Waals surface area contributed by atoms with E-state index in [1.165, 1.54) is 11.4 Å². The Kier molecular flexibility index (Phi) is 2.18. The maximum atomic E-state index is 10.6. The van der Waals surface area contributed by atoms with Crippen molar-refractivity contribution in [3.63, 3.8) is 0 Å². The van der Waals surface area contributed by atoms with E-state index in [9.17, 15) is 4.79 Å². The van der Waals surface area contributed by atoms with Gasteiger partial charge in [0.2, 0.25) is 0 Å². The molecule has 1 aliphatic heterocycles.